The summed E-state index contributed by atoms with van der Waals surface area (Å²) < 4.78 is 16.7. The van der Waals surface area contributed by atoms with E-state index in [4.69, 9.17) is 14.2 Å². The number of hydrogen-bond donors (Lipinski definition) is 0. The van der Waals surface area contributed by atoms with Gasteiger partial charge in [0, 0.05) is 19.3 Å². The van der Waals surface area contributed by atoms with E-state index in [-0.39, 0.29) is 37.5 Å². The molecule has 0 saturated heterocycles. The van der Waals surface area contributed by atoms with Crippen molar-refractivity contribution < 1.29 is 28.6 Å². The number of carbonyl (C=O) groups is 3. The highest BCUT2D eigenvalue weighted by molar-refractivity contribution is 5.71. The topological polar surface area (TPSA) is 78.9 Å². The van der Waals surface area contributed by atoms with Crippen LogP contribution < -0.4 is 0 Å². The highest BCUT2D eigenvalue weighted by Crippen LogP contribution is 2.15. The summed E-state index contributed by atoms with van der Waals surface area (Å²) in [6.45, 7) is 6.48. The first-order valence-corrected chi connectivity index (χ1v) is 24.6. The molecule has 0 aliphatic rings. The Morgan fingerprint density at radius 1 is 0.362 bits per heavy atom. The second-order valence-electron chi connectivity index (χ2n) is 16.4. The van der Waals surface area contributed by atoms with Gasteiger partial charge in [0.25, 0.3) is 0 Å². The van der Waals surface area contributed by atoms with Crippen LogP contribution in [0.25, 0.3) is 0 Å². The van der Waals surface area contributed by atoms with E-state index >= 15 is 0 Å². The molecule has 0 fully saturated rings. The predicted octanol–water partition coefficient (Wildman–Crippen LogP) is 15.9. The normalized spacial score (nSPS) is 12.4. The standard InChI is InChI=1S/C52H92O6/c1-4-7-10-13-16-19-21-23-25-27-28-30-33-36-39-42-45-51(54)57-48-49(47-56-50(53)44-41-38-35-32-18-15-12-9-6-3)58-52(55)46-43-40-37-34-31-29-26-24-22-20-17-14-11-8-5-2/h8,11,17,20,24,26,31,34,49H,4-7,9-10,12-16,18-19,21-23,25,27-30,32-33,35-48H2,1-3H3/b11-8-,20-17-,26-24-,34-31-/t49-/m1/s1. The largest absolute Gasteiger partial charge is 0.462 e. The van der Waals surface area contributed by atoms with Crippen LogP contribution in [0.15, 0.2) is 48.6 Å². The zero-order valence-electron chi connectivity index (χ0n) is 38.3. The van der Waals surface area contributed by atoms with Crippen LogP contribution in [-0.2, 0) is 28.6 Å². The SMILES string of the molecule is CC/C=C\C/C=C\C/C=C\C/C=C\CCCCC(=O)O[C@H](COC(=O)CCCCCCCCCCC)COC(=O)CCCCCCCCCCCCCCCCCC. The zero-order valence-corrected chi connectivity index (χ0v) is 38.3. The zero-order chi connectivity index (χ0) is 42.3. The van der Waals surface area contributed by atoms with Crippen molar-refractivity contribution >= 4 is 17.9 Å². The van der Waals surface area contributed by atoms with Crippen LogP contribution in [0.5, 0.6) is 0 Å². The molecule has 0 N–H and O–H groups in total. The summed E-state index contributed by atoms with van der Waals surface area (Å²) in [6.07, 6.45) is 55.3. The van der Waals surface area contributed by atoms with E-state index in [1.807, 2.05) is 0 Å². The van der Waals surface area contributed by atoms with Crippen molar-refractivity contribution in [3.05, 3.63) is 48.6 Å². The Kier molecular flexibility index (Phi) is 44.9. The quantitative estimate of drug-likeness (QED) is 0.0264. The van der Waals surface area contributed by atoms with Gasteiger partial charge < -0.3 is 14.2 Å². The van der Waals surface area contributed by atoms with E-state index in [9.17, 15) is 14.4 Å². The van der Waals surface area contributed by atoms with Crippen molar-refractivity contribution in [3.8, 4) is 0 Å². The van der Waals surface area contributed by atoms with Gasteiger partial charge in [-0.1, -0.05) is 217 Å². The number of rotatable bonds is 44. The lowest BCUT2D eigenvalue weighted by atomic mass is 10.0. The van der Waals surface area contributed by atoms with Gasteiger partial charge in [-0.15, -0.1) is 0 Å². The van der Waals surface area contributed by atoms with E-state index in [2.05, 4.69) is 69.4 Å². The Morgan fingerprint density at radius 2 is 0.672 bits per heavy atom. The molecule has 0 saturated carbocycles. The maximum Gasteiger partial charge on any atom is 0.306 e. The first-order valence-electron chi connectivity index (χ1n) is 24.6. The van der Waals surface area contributed by atoms with E-state index in [0.29, 0.717) is 19.3 Å². The van der Waals surface area contributed by atoms with Gasteiger partial charge in [-0.2, -0.15) is 0 Å². The molecule has 6 heteroatoms. The molecule has 0 bridgehead atoms. The van der Waals surface area contributed by atoms with Gasteiger partial charge in [0.1, 0.15) is 13.2 Å². The van der Waals surface area contributed by atoms with E-state index in [0.717, 1.165) is 77.0 Å². The Hall–Kier alpha value is -2.63. The molecule has 0 aromatic heterocycles. The summed E-state index contributed by atoms with van der Waals surface area (Å²) in [5.74, 6) is -0.925. The van der Waals surface area contributed by atoms with Crippen LogP contribution in [0, 0.1) is 0 Å². The summed E-state index contributed by atoms with van der Waals surface area (Å²) in [4.78, 5) is 37.8. The first kappa shape index (κ1) is 55.4. The molecule has 0 aromatic carbocycles. The fourth-order valence-electron chi connectivity index (χ4n) is 6.90. The molecule has 0 aliphatic carbocycles. The van der Waals surface area contributed by atoms with Crippen LogP contribution in [0.4, 0.5) is 0 Å². The lowest BCUT2D eigenvalue weighted by Gasteiger charge is -2.18. The molecule has 0 radical (unpaired) electrons. The van der Waals surface area contributed by atoms with Crippen LogP contribution in [-0.4, -0.2) is 37.2 Å². The average Bonchev–Trinajstić information content (AvgIpc) is 3.22. The summed E-state index contributed by atoms with van der Waals surface area (Å²) >= 11 is 0. The predicted molar refractivity (Wildman–Crippen MR) is 247 cm³/mol. The summed E-state index contributed by atoms with van der Waals surface area (Å²) in [5, 5.41) is 0. The highest BCUT2D eigenvalue weighted by Gasteiger charge is 2.19. The number of hydrogen-bond acceptors (Lipinski definition) is 6. The highest BCUT2D eigenvalue weighted by atomic mass is 16.6. The van der Waals surface area contributed by atoms with E-state index in [1.165, 1.54) is 122 Å². The van der Waals surface area contributed by atoms with Gasteiger partial charge in [-0.25, -0.2) is 0 Å². The molecule has 1 atom stereocenters. The molecule has 0 heterocycles. The van der Waals surface area contributed by atoms with Gasteiger partial charge in [0.05, 0.1) is 0 Å². The number of esters is 3. The third kappa shape index (κ3) is 44.5. The molecule has 0 aliphatic heterocycles. The third-order valence-electron chi connectivity index (χ3n) is 10.6. The Morgan fingerprint density at radius 3 is 1.05 bits per heavy atom. The first-order chi connectivity index (χ1) is 28.5. The van der Waals surface area contributed by atoms with Crippen LogP contribution in [0.2, 0.25) is 0 Å². The van der Waals surface area contributed by atoms with Crippen molar-refractivity contribution in [2.75, 3.05) is 13.2 Å². The van der Waals surface area contributed by atoms with Crippen molar-refractivity contribution in [2.45, 2.75) is 252 Å². The average molecular weight is 813 g/mol. The molecule has 6 nitrogen and oxygen atoms in total. The number of carbonyl (C=O) groups excluding carboxylic acids is 3. The van der Waals surface area contributed by atoms with Crippen LogP contribution in [0.1, 0.15) is 245 Å². The molecular formula is C52H92O6. The second kappa shape index (κ2) is 47.1. The molecule has 58 heavy (non-hydrogen) atoms. The molecule has 0 aromatic rings. The van der Waals surface area contributed by atoms with Gasteiger partial charge in [-0.3, -0.25) is 14.4 Å². The summed E-state index contributed by atoms with van der Waals surface area (Å²) in [6, 6.07) is 0. The molecule has 0 unspecified atom stereocenters. The summed E-state index contributed by atoms with van der Waals surface area (Å²) in [5.41, 5.74) is 0. The minimum absolute atomic E-state index is 0.0866. The Bertz CT molecular complexity index is 1030. The summed E-state index contributed by atoms with van der Waals surface area (Å²) in [7, 11) is 0. The van der Waals surface area contributed by atoms with Gasteiger partial charge in [0.2, 0.25) is 0 Å². The molecule has 336 valence electrons. The maximum absolute atomic E-state index is 12.7. The Balaban J connectivity index is 4.37. The number of ether oxygens (including phenoxy) is 3. The third-order valence-corrected chi connectivity index (χ3v) is 10.6. The second-order valence-corrected chi connectivity index (χ2v) is 16.4. The number of unbranched alkanes of at least 4 members (excludes halogenated alkanes) is 25. The van der Waals surface area contributed by atoms with Crippen molar-refractivity contribution in [1.82, 2.24) is 0 Å². The monoisotopic (exact) mass is 813 g/mol. The molecule has 0 amide bonds. The van der Waals surface area contributed by atoms with E-state index < -0.39 is 6.10 Å². The maximum atomic E-state index is 12.7. The fourth-order valence-corrected chi connectivity index (χ4v) is 6.90. The van der Waals surface area contributed by atoms with Gasteiger partial charge >= 0.3 is 17.9 Å². The Labute approximate surface area is 358 Å². The van der Waals surface area contributed by atoms with Crippen molar-refractivity contribution in [1.29, 1.82) is 0 Å². The van der Waals surface area contributed by atoms with Gasteiger partial charge in [0.15, 0.2) is 6.10 Å². The van der Waals surface area contributed by atoms with E-state index in [1.54, 1.807) is 0 Å². The van der Waals surface area contributed by atoms with Crippen LogP contribution in [0.3, 0.4) is 0 Å². The smallest absolute Gasteiger partial charge is 0.306 e. The lowest BCUT2D eigenvalue weighted by molar-refractivity contribution is -0.167. The minimum atomic E-state index is -0.788. The number of allylic oxidation sites excluding steroid dienone is 8. The minimum Gasteiger partial charge on any atom is -0.462 e. The molecular weight excluding hydrogens is 721 g/mol. The van der Waals surface area contributed by atoms with Crippen molar-refractivity contribution in [3.63, 3.8) is 0 Å². The van der Waals surface area contributed by atoms with Gasteiger partial charge in [-0.05, 0) is 57.8 Å². The lowest BCUT2D eigenvalue weighted by Crippen LogP contribution is -2.30. The van der Waals surface area contributed by atoms with Crippen molar-refractivity contribution in [2.24, 2.45) is 0 Å². The fraction of sp³-hybridized carbons (Fsp3) is 0.788. The molecule has 0 spiro atoms. The van der Waals surface area contributed by atoms with Crippen LogP contribution >= 0.6 is 0 Å². The molecule has 0 rings (SSSR count).